The number of rotatable bonds is 4. The molecule has 2 aromatic carbocycles. The topological polar surface area (TPSA) is 66.0 Å². The molecule has 1 heterocycles. The SMILES string of the molecule is CSc1ccccc1-c1ccc(-c2c(C#N)c(C(F)(F)F)n(C)c2C(=O)O)cc1. The molecule has 0 aliphatic heterocycles. The van der Waals surface area contributed by atoms with E-state index in [4.69, 9.17) is 0 Å². The minimum atomic E-state index is -4.86. The maximum Gasteiger partial charge on any atom is 0.432 e. The number of carboxylic acids is 1. The zero-order valence-corrected chi connectivity index (χ0v) is 16.2. The fourth-order valence-corrected chi connectivity index (χ4v) is 3.98. The molecule has 8 heteroatoms. The lowest BCUT2D eigenvalue weighted by Gasteiger charge is -2.09. The molecule has 0 spiro atoms. The molecular weight excluding hydrogens is 401 g/mol. The Balaban J connectivity index is 2.22. The van der Waals surface area contributed by atoms with E-state index in [-0.39, 0.29) is 11.1 Å². The molecule has 0 aliphatic carbocycles. The zero-order valence-electron chi connectivity index (χ0n) is 15.4. The third-order valence-electron chi connectivity index (χ3n) is 4.57. The highest BCUT2D eigenvalue weighted by atomic mass is 32.2. The van der Waals surface area contributed by atoms with Crippen molar-refractivity contribution >= 4 is 17.7 Å². The second kappa shape index (κ2) is 7.68. The van der Waals surface area contributed by atoms with Crippen LogP contribution in [0.4, 0.5) is 13.2 Å². The number of halogens is 3. The van der Waals surface area contributed by atoms with Crippen LogP contribution in [-0.2, 0) is 13.2 Å². The van der Waals surface area contributed by atoms with E-state index in [0.717, 1.165) is 23.1 Å². The number of alkyl halides is 3. The highest BCUT2D eigenvalue weighted by Gasteiger charge is 2.41. The maximum absolute atomic E-state index is 13.5. The second-order valence-electron chi connectivity index (χ2n) is 6.20. The molecule has 0 fully saturated rings. The van der Waals surface area contributed by atoms with E-state index in [1.807, 2.05) is 30.5 Å². The van der Waals surface area contributed by atoms with Crippen molar-refractivity contribution in [1.82, 2.24) is 4.57 Å². The van der Waals surface area contributed by atoms with Crippen LogP contribution in [0.15, 0.2) is 53.4 Å². The van der Waals surface area contributed by atoms with E-state index in [1.165, 1.54) is 12.1 Å². The van der Waals surface area contributed by atoms with Crippen LogP contribution in [0.5, 0.6) is 0 Å². The lowest BCUT2D eigenvalue weighted by molar-refractivity contribution is -0.143. The van der Waals surface area contributed by atoms with Gasteiger partial charge < -0.3 is 9.67 Å². The summed E-state index contributed by atoms with van der Waals surface area (Å²) < 4.78 is 40.9. The Labute approximate surface area is 169 Å². The highest BCUT2D eigenvalue weighted by molar-refractivity contribution is 7.98. The summed E-state index contributed by atoms with van der Waals surface area (Å²) >= 11 is 1.56. The van der Waals surface area contributed by atoms with Gasteiger partial charge in [-0.05, 0) is 29.0 Å². The Morgan fingerprint density at radius 3 is 2.21 bits per heavy atom. The summed E-state index contributed by atoms with van der Waals surface area (Å²) in [6.45, 7) is 0. The number of carbonyl (C=O) groups is 1. The smallest absolute Gasteiger partial charge is 0.432 e. The number of aromatic carboxylic acids is 1. The molecule has 0 radical (unpaired) electrons. The lowest BCUT2D eigenvalue weighted by atomic mass is 9.97. The normalized spacial score (nSPS) is 11.3. The highest BCUT2D eigenvalue weighted by Crippen LogP contribution is 2.41. The molecule has 0 saturated heterocycles. The first-order valence-corrected chi connectivity index (χ1v) is 9.60. The second-order valence-corrected chi connectivity index (χ2v) is 7.05. The molecular formula is C21H15F3N2O2S. The quantitative estimate of drug-likeness (QED) is 0.557. The van der Waals surface area contributed by atoms with Crippen LogP contribution in [-0.4, -0.2) is 21.9 Å². The number of benzene rings is 2. The third-order valence-corrected chi connectivity index (χ3v) is 5.36. The molecule has 0 saturated carbocycles. The number of nitrogens with zero attached hydrogens (tertiary/aromatic N) is 2. The van der Waals surface area contributed by atoms with Gasteiger partial charge in [0.1, 0.15) is 17.5 Å². The summed E-state index contributed by atoms with van der Waals surface area (Å²) in [4.78, 5) is 12.7. The van der Waals surface area contributed by atoms with Crippen molar-refractivity contribution in [3.8, 4) is 28.3 Å². The summed E-state index contributed by atoms with van der Waals surface area (Å²) in [5, 5.41) is 18.9. The first-order valence-electron chi connectivity index (χ1n) is 8.37. The number of aromatic nitrogens is 1. The predicted molar refractivity (Wildman–Crippen MR) is 105 cm³/mol. The summed E-state index contributed by atoms with van der Waals surface area (Å²) in [6.07, 6.45) is -2.92. The van der Waals surface area contributed by atoms with Crippen LogP contribution in [0.2, 0.25) is 0 Å². The van der Waals surface area contributed by atoms with Crippen molar-refractivity contribution < 1.29 is 23.1 Å². The van der Waals surface area contributed by atoms with Crippen molar-refractivity contribution in [2.45, 2.75) is 11.1 Å². The summed E-state index contributed by atoms with van der Waals surface area (Å²) in [6, 6.07) is 15.7. The van der Waals surface area contributed by atoms with Gasteiger partial charge in [0, 0.05) is 17.5 Å². The van der Waals surface area contributed by atoms with Gasteiger partial charge in [0.05, 0.1) is 5.56 Å². The predicted octanol–water partition coefficient (Wildman–Crippen LogP) is 5.67. The molecule has 29 heavy (non-hydrogen) atoms. The Kier molecular flexibility index (Phi) is 5.44. The molecule has 0 unspecified atom stereocenters. The zero-order chi connectivity index (χ0) is 21.3. The fourth-order valence-electron chi connectivity index (χ4n) is 3.36. The number of hydrogen-bond acceptors (Lipinski definition) is 3. The molecule has 3 aromatic rings. The molecule has 4 nitrogen and oxygen atoms in total. The van der Waals surface area contributed by atoms with Crippen LogP contribution < -0.4 is 0 Å². The Morgan fingerprint density at radius 2 is 1.69 bits per heavy atom. The fraction of sp³-hybridized carbons (Fsp3) is 0.143. The van der Waals surface area contributed by atoms with Gasteiger partial charge in [-0.25, -0.2) is 4.79 Å². The average molecular weight is 416 g/mol. The number of nitriles is 1. The van der Waals surface area contributed by atoms with E-state index in [1.54, 1.807) is 30.0 Å². The molecule has 0 atom stereocenters. The summed E-state index contributed by atoms with van der Waals surface area (Å²) in [7, 11) is 1.000. The minimum absolute atomic E-state index is 0.232. The third kappa shape index (κ3) is 3.61. The summed E-state index contributed by atoms with van der Waals surface area (Å²) in [5.74, 6) is -1.54. The molecule has 0 amide bonds. The number of carboxylic acid groups (broad SMARTS) is 1. The van der Waals surface area contributed by atoms with Gasteiger partial charge >= 0.3 is 12.1 Å². The molecule has 0 bridgehead atoms. The van der Waals surface area contributed by atoms with Crippen LogP contribution in [0, 0.1) is 11.3 Å². The molecule has 0 aliphatic rings. The van der Waals surface area contributed by atoms with E-state index >= 15 is 0 Å². The maximum atomic E-state index is 13.5. The van der Waals surface area contributed by atoms with E-state index in [0.29, 0.717) is 4.57 Å². The Bertz CT molecular complexity index is 1130. The van der Waals surface area contributed by atoms with Gasteiger partial charge in [-0.1, -0.05) is 42.5 Å². The molecule has 148 valence electrons. The Hall–Kier alpha value is -3.18. The number of hydrogen-bond donors (Lipinski definition) is 1. The molecule has 1 aromatic heterocycles. The van der Waals surface area contributed by atoms with Gasteiger partial charge in [0.15, 0.2) is 0 Å². The van der Waals surface area contributed by atoms with Gasteiger partial charge in [0.25, 0.3) is 0 Å². The van der Waals surface area contributed by atoms with Crippen molar-refractivity contribution in [3.63, 3.8) is 0 Å². The molecule has 3 rings (SSSR count). The summed E-state index contributed by atoms with van der Waals surface area (Å²) in [5.41, 5.74) is -0.768. The van der Waals surface area contributed by atoms with Crippen molar-refractivity contribution in [1.29, 1.82) is 5.26 Å². The van der Waals surface area contributed by atoms with E-state index in [2.05, 4.69) is 0 Å². The monoisotopic (exact) mass is 416 g/mol. The standard InChI is InChI=1S/C21H15F3N2O2S/c1-26-18(20(27)28)17(15(11-25)19(26)21(22,23)24)13-9-7-12(8-10-13)14-5-3-4-6-16(14)29-2/h3-10H,1-2H3,(H,27,28). The van der Waals surface area contributed by atoms with E-state index in [9.17, 15) is 28.3 Å². The van der Waals surface area contributed by atoms with Crippen LogP contribution >= 0.6 is 11.8 Å². The van der Waals surface area contributed by atoms with Gasteiger partial charge in [-0.2, -0.15) is 18.4 Å². The first-order chi connectivity index (χ1) is 13.7. The minimum Gasteiger partial charge on any atom is -0.477 e. The van der Waals surface area contributed by atoms with Crippen molar-refractivity contribution in [3.05, 3.63) is 65.5 Å². The molecule has 1 N–H and O–H groups in total. The first kappa shape index (κ1) is 20.6. The van der Waals surface area contributed by atoms with Crippen LogP contribution in [0.25, 0.3) is 22.3 Å². The lowest BCUT2D eigenvalue weighted by Crippen LogP contribution is -2.15. The largest absolute Gasteiger partial charge is 0.477 e. The van der Waals surface area contributed by atoms with Crippen molar-refractivity contribution in [2.75, 3.05) is 6.26 Å². The van der Waals surface area contributed by atoms with Gasteiger partial charge in [-0.15, -0.1) is 11.8 Å². The van der Waals surface area contributed by atoms with Gasteiger partial charge in [0.2, 0.25) is 0 Å². The average Bonchev–Trinajstić information content (AvgIpc) is 3.00. The number of thioether (sulfide) groups is 1. The van der Waals surface area contributed by atoms with Gasteiger partial charge in [-0.3, -0.25) is 0 Å². The van der Waals surface area contributed by atoms with E-state index < -0.39 is 29.1 Å². The van der Waals surface area contributed by atoms with Crippen molar-refractivity contribution in [2.24, 2.45) is 7.05 Å². The Morgan fingerprint density at radius 1 is 1.10 bits per heavy atom. The van der Waals surface area contributed by atoms with Crippen LogP contribution in [0.1, 0.15) is 21.7 Å². The van der Waals surface area contributed by atoms with Crippen LogP contribution in [0.3, 0.4) is 0 Å².